The van der Waals surface area contributed by atoms with Gasteiger partial charge in [0.05, 0.1) is 34.0 Å². The molecule has 0 aromatic heterocycles. The molecule has 1 aliphatic rings. The minimum atomic E-state index is 0. The van der Waals surface area contributed by atoms with Crippen LogP contribution in [0, 0.1) is 0 Å². The summed E-state index contributed by atoms with van der Waals surface area (Å²) in [6, 6.07) is 6.30. The van der Waals surface area contributed by atoms with Gasteiger partial charge in [-0.2, -0.15) is 0 Å². The smallest absolute Gasteiger partial charge is 0.194 e. The molecule has 1 aromatic carbocycles. The number of nitrogens with one attached hydrogen (secondary N) is 1. The molecule has 1 N–H and O–H groups in total. The lowest BCUT2D eigenvalue weighted by molar-refractivity contribution is 0.0220. The zero-order chi connectivity index (χ0) is 19.6. The van der Waals surface area contributed by atoms with E-state index in [1.54, 1.807) is 14.2 Å². The fraction of sp³-hybridized carbons (Fsp3) is 0.650. The standard InChI is InChI=1S/C20H34N4O3.HI/c1-6-21-20(22-14-16(2)24-9-11-27-12-10-24)23(3)15-17-7-8-18(25-4)13-19(17)26-5;/h7-8,13,16H,6,9-12,14-15H2,1-5H3,(H,21,22);1H. The van der Waals surface area contributed by atoms with Gasteiger partial charge in [0.25, 0.3) is 0 Å². The first-order valence-corrected chi connectivity index (χ1v) is 9.61. The van der Waals surface area contributed by atoms with Crippen molar-refractivity contribution in [3.63, 3.8) is 0 Å². The zero-order valence-corrected chi connectivity index (χ0v) is 20.1. The number of ether oxygens (including phenoxy) is 3. The van der Waals surface area contributed by atoms with Gasteiger partial charge in [0.2, 0.25) is 0 Å². The van der Waals surface area contributed by atoms with Crippen molar-refractivity contribution in [1.82, 2.24) is 15.1 Å². The minimum absolute atomic E-state index is 0. The van der Waals surface area contributed by atoms with E-state index in [2.05, 4.69) is 29.0 Å². The van der Waals surface area contributed by atoms with Crippen LogP contribution in [0.15, 0.2) is 23.2 Å². The average molecular weight is 506 g/mol. The second-order valence-corrected chi connectivity index (χ2v) is 6.73. The van der Waals surface area contributed by atoms with Crippen molar-refractivity contribution >= 4 is 29.9 Å². The van der Waals surface area contributed by atoms with Gasteiger partial charge in [-0.15, -0.1) is 24.0 Å². The highest BCUT2D eigenvalue weighted by Crippen LogP contribution is 2.25. The highest BCUT2D eigenvalue weighted by atomic mass is 127. The number of benzene rings is 1. The van der Waals surface area contributed by atoms with Crippen LogP contribution in [-0.2, 0) is 11.3 Å². The molecule has 28 heavy (non-hydrogen) atoms. The van der Waals surface area contributed by atoms with E-state index in [0.717, 1.165) is 62.4 Å². The van der Waals surface area contributed by atoms with Crippen LogP contribution in [0.25, 0.3) is 0 Å². The molecule has 0 radical (unpaired) electrons. The number of methoxy groups -OCH3 is 2. The molecule has 1 heterocycles. The molecule has 1 unspecified atom stereocenters. The van der Waals surface area contributed by atoms with Gasteiger partial charge in [0, 0.05) is 50.9 Å². The van der Waals surface area contributed by atoms with Crippen LogP contribution in [0.3, 0.4) is 0 Å². The van der Waals surface area contributed by atoms with Gasteiger partial charge < -0.3 is 24.4 Å². The maximum absolute atomic E-state index is 5.52. The fourth-order valence-corrected chi connectivity index (χ4v) is 3.13. The van der Waals surface area contributed by atoms with Crippen LogP contribution < -0.4 is 14.8 Å². The van der Waals surface area contributed by atoms with Crippen molar-refractivity contribution in [2.24, 2.45) is 4.99 Å². The molecular formula is C20H35IN4O3. The second kappa shape index (κ2) is 13.1. The van der Waals surface area contributed by atoms with E-state index >= 15 is 0 Å². The van der Waals surface area contributed by atoms with Gasteiger partial charge in [-0.25, -0.2) is 0 Å². The van der Waals surface area contributed by atoms with Crippen molar-refractivity contribution in [3.8, 4) is 11.5 Å². The van der Waals surface area contributed by atoms with Crippen molar-refractivity contribution < 1.29 is 14.2 Å². The van der Waals surface area contributed by atoms with Gasteiger partial charge in [-0.3, -0.25) is 9.89 Å². The van der Waals surface area contributed by atoms with Crippen molar-refractivity contribution in [2.75, 3.05) is 60.7 Å². The van der Waals surface area contributed by atoms with Crippen molar-refractivity contribution in [3.05, 3.63) is 23.8 Å². The molecule has 8 heteroatoms. The molecule has 1 atom stereocenters. The number of aliphatic imine (C=N–C) groups is 1. The van der Waals surface area contributed by atoms with Gasteiger partial charge in [-0.1, -0.05) is 0 Å². The third kappa shape index (κ3) is 7.29. The summed E-state index contributed by atoms with van der Waals surface area (Å²) in [7, 11) is 5.39. The topological polar surface area (TPSA) is 58.6 Å². The Morgan fingerprint density at radius 3 is 2.61 bits per heavy atom. The second-order valence-electron chi connectivity index (χ2n) is 6.73. The Morgan fingerprint density at radius 1 is 1.29 bits per heavy atom. The maximum Gasteiger partial charge on any atom is 0.194 e. The molecule has 1 fully saturated rings. The summed E-state index contributed by atoms with van der Waals surface area (Å²) in [5.74, 6) is 2.51. The Bertz CT molecular complexity index is 609. The third-order valence-corrected chi connectivity index (χ3v) is 4.77. The molecule has 0 amide bonds. The Balaban J connectivity index is 0.00000392. The van der Waals surface area contributed by atoms with Crippen LogP contribution in [0.5, 0.6) is 11.5 Å². The number of halogens is 1. The van der Waals surface area contributed by atoms with Crippen LogP contribution >= 0.6 is 24.0 Å². The first-order chi connectivity index (χ1) is 13.1. The number of hydrogen-bond acceptors (Lipinski definition) is 5. The summed E-state index contributed by atoms with van der Waals surface area (Å²) in [6.45, 7) is 10.2. The third-order valence-electron chi connectivity index (χ3n) is 4.77. The predicted molar refractivity (Wildman–Crippen MR) is 124 cm³/mol. The lowest BCUT2D eigenvalue weighted by Crippen LogP contribution is -2.44. The Morgan fingerprint density at radius 2 is 2.00 bits per heavy atom. The maximum atomic E-state index is 5.52. The first kappa shape index (κ1) is 24.8. The monoisotopic (exact) mass is 506 g/mol. The molecule has 1 saturated heterocycles. The van der Waals surface area contributed by atoms with E-state index in [0.29, 0.717) is 12.6 Å². The molecule has 2 rings (SSSR count). The van der Waals surface area contributed by atoms with E-state index in [9.17, 15) is 0 Å². The number of nitrogens with zero attached hydrogens (tertiary/aromatic N) is 3. The number of rotatable bonds is 8. The van der Waals surface area contributed by atoms with Crippen LogP contribution in [0.2, 0.25) is 0 Å². The Kier molecular flexibility index (Phi) is 11.6. The quantitative estimate of drug-likeness (QED) is 0.332. The molecule has 0 aliphatic carbocycles. The van der Waals surface area contributed by atoms with Gasteiger partial charge in [0.1, 0.15) is 11.5 Å². The SMILES string of the molecule is CCNC(=NCC(C)N1CCOCC1)N(C)Cc1ccc(OC)cc1OC.I. The Hall–Kier alpha value is -1.26. The van der Waals surface area contributed by atoms with E-state index < -0.39 is 0 Å². The number of guanidine groups is 1. The average Bonchev–Trinajstić information content (AvgIpc) is 2.71. The van der Waals surface area contributed by atoms with Crippen molar-refractivity contribution in [1.29, 1.82) is 0 Å². The summed E-state index contributed by atoms with van der Waals surface area (Å²) in [4.78, 5) is 9.42. The first-order valence-electron chi connectivity index (χ1n) is 9.61. The van der Waals surface area contributed by atoms with Gasteiger partial charge in [-0.05, 0) is 26.0 Å². The van der Waals surface area contributed by atoms with Crippen molar-refractivity contribution in [2.45, 2.75) is 26.4 Å². The molecule has 1 aromatic rings. The van der Waals surface area contributed by atoms with E-state index in [4.69, 9.17) is 19.2 Å². The molecule has 7 nitrogen and oxygen atoms in total. The van der Waals surface area contributed by atoms with Crippen LogP contribution in [0.1, 0.15) is 19.4 Å². The Labute approximate surface area is 186 Å². The molecular weight excluding hydrogens is 471 g/mol. The van der Waals surface area contributed by atoms with Gasteiger partial charge in [0.15, 0.2) is 5.96 Å². The summed E-state index contributed by atoms with van der Waals surface area (Å²) in [5.41, 5.74) is 1.09. The van der Waals surface area contributed by atoms with E-state index in [1.165, 1.54) is 0 Å². The molecule has 1 aliphatic heterocycles. The largest absolute Gasteiger partial charge is 0.497 e. The van der Waals surface area contributed by atoms with Crippen LogP contribution in [-0.4, -0.2) is 82.5 Å². The normalized spacial score (nSPS) is 16.1. The zero-order valence-electron chi connectivity index (χ0n) is 17.7. The summed E-state index contributed by atoms with van der Waals surface area (Å²) < 4.78 is 16.2. The lowest BCUT2D eigenvalue weighted by atomic mass is 10.2. The number of hydrogen-bond donors (Lipinski definition) is 1. The highest BCUT2D eigenvalue weighted by molar-refractivity contribution is 14.0. The lowest BCUT2D eigenvalue weighted by Gasteiger charge is -2.32. The summed E-state index contributed by atoms with van der Waals surface area (Å²) >= 11 is 0. The summed E-state index contributed by atoms with van der Waals surface area (Å²) in [5, 5.41) is 3.39. The van der Waals surface area contributed by atoms with Crippen LogP contribution in [0.4, 0.5) is 0 Å². The van der Waals surface area contributed by atoms with Gasteiger partial charge >= 0.3 is 0 Å². The highest BCUT2D eigenvalue weighted by Gasteiger charge is 2.17. The molecule has 0 spiro atoms. The minimum Gasteiger partial charge on any atom is -0.497 e. The predicted octanol–water partition coefficient (Wildman–Crippen LogP) is 2.44. The number of morpholine rings is 1. The molecule has 0 saturated carbocycles. The van der Waals surface area contributed by atoms with E-state index in [-0.39, 0.29) is 24.0 Å². The molecule has 160 valence electrons. The molecule has 0 bridgehead atoms. The summed E-state index contributed by atoms with van der Waals surface area (Å²) in [6.07, 6.45) is 0. The fourth-order valence-electron chi connectivity index (χ4n) is 3.13. The van der Waals surface area contributed by atoms with E-state index in [1.807, 2.05) is 25.2 Å².